The van der Waals surface area contributed by atoms with Crippen molar-refractivity contribution in [2.75, 3.05) is 6.26 Å². The molecule has 0 radical (unpaired) electrons. The molecule has 0 aromatic heterocycles. The number of hydrogen-bond donors (Lipinski definition) is 0. The van der Waals surface area contributed by atoms with Crippen molar-refractivity contribution in [3.63, 3.8) is 0 Å². The summed E-state index contributed by atoms with van der Waals surface area (Å²) in [6.45, 7) is 7.30. The summed E-state index contributed by atoms with van der Waals surface area (Å²) in [6, 6.07) is 10.9. The van der Waals surface area contributed by atoms with Gasteiger partial charge < -0.3 is 0 Å². The Morgan fingerprint density at radius 2 is 1.62 bits per heavy atom. The molecule has 0 heterocycles. The topological polar surface area (TPSA) is 0 Å². The lowest BCUT2D eigenvalue weighted by atomic mass is 10.2. The van der Waals surface area contributed by atoms with Crippen molar-refractivity contribution in [2.45, 2.75) is 24.5 Å². The maximum atomic E-state index is 2.43. The summed E-state index contributed by atoms with van der Waals surface area (Å²) in [4.78, 5) is 0.730. The van der Waals surface area contributed by atoms with Gasteiger partial charge in [0.05, 0.1) is 8.07 Å². The lowest BCUT2D eigenvalue weighted by Gasteiger charge is -2.27. The standard InChI is InChI=1S/C11H18SSi/c1-12-11(13(2,3)4)10-8-6-5-7-9-10/h5-9,11H,1-4H3. The Kier molecular flexibility index (Phi) is 3.62. The molecule has 1 aromatic carbocycles. The summed E-state index contributed by atoms with van der Waals surface area (Å²) in [5, 5.41) is 0. The molecular formula is C11H18SSi. The van der Waals surface area contributed by atoms with Crippen LogP contribution in [0.3, 0.4) is 0 Å². The van der Waals surface area contributed by atoms with Gasteiger partial charge in [0, 0.05) is 4.87 Å². The molecule has 0 nitrogen and oxygen atoms in total. The van der Waals surface area contributed by atoms with Gasteiger partial charge in [-0.2, -0.15) is 11.8 Å². The Labute approximate surface area is 86.8 Å². The first kappa shape index (κ1) is 10.9. The molecule has 0 amide bonds. The highest BCUT2D eigenvalue weighted by Gasteiger charge is 2.26. The zero-order chi connectivity index (χ0) is 9.90. The highest BCUT2D eigenvalue weighted by Crippen LogP contribution is 2.35. The Hall–Kier alpha value is -0.213. The molecule has 13 heavy (non-hydrogen) atoms. The molecule has 0 fully saturated rings. The third kappa shape index (κ3) is 2.88. The van der Waals surface area contributed by atoms with Crippen LogP contribution in [0, 0.1) is 0 Å². The predicted molar refractivity (Wildman–Crippen MR) is 66.0 cm³/mol. The van der Waals surface area contributed by atoms with Crippen LogP contribution in [0.25, 0.3) is 0 Å². The highest BCUT2D eigenvalue weighted by atomic mass is 32.2. The summed E-state index contributed by atoms with van der Waals surface area (Å²) in [6.07, 6.45) is 2.22. The first-order chi connectivity index (χ1) is 6.05. The van der Waals surface area contributed by atoms with Crippen molar-refractivity contribution in [1.29, 1.82) is 0 Å². The van der Waals surface area contributed by atoms with Gasteiger partial charge in [0.1, 0.15) is 0 Å². The fraction of sp³-hybridized carbons (Fsp3) is 0.455. The Balaban J connectivity index is 2.92. The van der Waals surface area contributed by atoms with Gasteiger partial charge >= 0.3 is 0 Å². The van der Waals surface area contributed by atoms with Crippen molar-refractivity contribution in [3.05, 3.63) is 35.9 Å². The minimum atomic E-state index is -1.06. The summed E-state index contributed by atoms with van der Waals surface area (Å²) < 4.78 is 0. The van der Waals surface area contributed by atoms with Gasteiger partial charge in [0.2, 0.25) is 0 Å². The second-order valence-electron chi connectivity index (χ2n) is 4.39. The molecule has 1 atom stereocenters. The van der Waals surface area contributed by atoms with E-state index in [0.29, 0.717) is 0 Å². The molecule has 1 unspecified atom stereocenters. The van der Waals surface area contributed by atoms with Crippen molar-refractivity contribution >= 4 is 19.8 Å². The molecule has 1 aromatic rings. The Morgan fingerprint density at radius 3 is 2.00 bits per heavy atom. The highest BCUT2D eigenvalue weighted by molar-refractivity contribution is 8.00. The number of thioether (sulfide) groups is 1. The van der Waals surface area contributed by atoms with Crippen LogP contribution in [0.15, 0.2) is 30.3 Å². The normalized spacial score (nSPS) is 14.2. The number of benzene rings is 1. The molecule has 0 bridgehead atoms. The third-order valence-corrected chi connectivity index (χ3v) is 7.60. The van der Waals surface area contributed by atoms with E-state index in [1.165, 1.54) is 5.56 Å². The van der Waals surface area contributed by atoms with Crippen molar-refractivity contribution in [3.8, 4) is 0 Å². The van der Waals surface area contributed by atoms with Crippen LogP contribution in [0.5, 0.6) is 0 Å². The van der Waals surface area contributed by atoms with Crippen LogP contribution < -0.4 is 0 Å². The fourth-order valence-corrected chi connectivity index (χ4v) is 6.07. The van der Waals surface area contributed by atoms with E-state index in [0.717, 1.165) is 4.87 Å². The molecule has 0 aliphatic rings. The molecule has 1 rings (SSSR count). The summed E-state index contributed by atoms with van der Waals surface area (Å²) in [5.41, 5.74) is 1.49. The van der Waals surface area contributed by atoms with Gasteiger partial charge in [-0.05, 0) is 11.8 Å². The van der Waals surface area contributed by atoms with E-state index in [9.17, 15) is 0 Å². The lowest BCUT2D eigenvalue weighted by molar-refractivity contribution is 1.27. The minimum Gasteiger partial charge on any atom is -0.160 e. The Morgan fingerprint density at radius 1 is 1.08 bits per heavy atom. The van der Waals surface area contributed by atoms with E-state index >= 15 is 0 Å². The van der Waals surface area contributed by atoms with E-state index in [-0.39, 0.29) is 0 Å². The number of hydrogen-bond acceptors (Lipinski definition) is 1. The van der Waals surface area contributed by atoms with Crippen LogP contribution in [0.4, 0.5) is 0 Å². The zero-order valence-corrected chi connectivity index (χ0v) is 10.7. The van der Waals surface area contributed by atoms with E-state index in [1.807, 2.05) is 11.8 Å². The average molecular weight is 210 g/mol. The molecule has 0 saturated carbocycles. The van der Waals surface area contributed by atoms with Crippen LogP contribution in [-0.2, 0) is 0 Å². The quantitative estimate of drug-likeness (QED) is 0.680. The average Bonchev–Trinajstić information content (AvgIpc) is 2.05. The molecule has 0 aliphatic heterocycles. The first-order valence-electron chi connectivity index (χ1n) is 4.63. The third-order valence-electron chi connectivity index (χ3n) is 2.12. The largest absolute Gasteiger partial charge is 0.160 e. The summed E-state index contributed by atoms with van der Waals surface area (Å²) >= 11 is 1.99. The Bertz CT molecular complexity index is 251. The second kappa shape index (κ2) is 4.34. The smallest absolute Gasteiger partial charge is 0.0642 e. The monoisotopic (exact) mass is 210 g/mol. The van der Waals surface area contributed by atoms with Crippen LogP contribution >= 0.6 is 11.8 Å². The van der Waals surface area contributed by atoms with Gasteiger partial charge in [-0.25, -0.2) is 0 Å². The van der Waals surface area contributed by atoms with E-state index < -0.39 is 8.07 Å². The molecule has 0 aliphatic carbocycles. The van der Waals surface area contributed by atoms with Crippen molar-refractivity contribution in [2.24, 2.45) is 0 Å². The molecular weight excluding hydrogens is 192 g/mol. The fourth-order valence-electron chi connectivity index (χ4n) is 1.62. The molecule has 0 saturated heterocycles. The minimum absolute atomic E-state index is 0.730. The number of rotatable bonds is 3. The summed E-state index contributed by atoms with van der Waals surface area (Å²) in [5.74, 6) is 0. The van der Waals surface area contributed by atoms with Gasteiger partial charge in [0.25, 0.3) is 0 Å². The van der Waals surface area contributed by atoms with E-state index in [4.69, 9.17) is 0 Å². The van der Waals surface area contributed by atoms with Gasteiger partial charge in [-0.15, -0.1) is 0 Å². The van der Waals surface area contributed by atoms with Gasteiger partial charge in [-0.1, -0.05) is 50.0 Å². The van der Waals surface area contributed by atoms with E-state index in [2.05, 4.69) is 56.2 Å². The van der Waals surface area contributed by atoms with Gasteiger partial charge in [-0.3, -0.25) is 0 Å². The molecule has 0 N–H and O–H groups in total. The lowest BCUT2D eigenvalue weighted by Crippen LogP contribution is -2.28. The van der Waals surface area contributed by atoms with E-state index in [1.54, 1.807) is 0 Å². The summed E-state index contributed by atoms with van der Waals surface area (Å²) in [7, 11) is -1.06. The van der Waals surface area contributed by atoms with Crippen molar-refractivity contribution in [1.82, 2.24) is 0 Å². The SMILES string of the molecule is CSC(c1ccccc1)[Si](C)(C)C. The van der Waals surface area contributed by atoms with Crippen LogP contribution in [0.2, 0.25) is 19.6 Å². The maximum absolute atomic E-state index is 2.43. The maximum Gasteiger partial charge on any atom is 0.0642 e. The first-order valence-corrected chi connectivity index (χ1v) is 9.50. The van der Waals surface area contributed by atoms with Gasteiger partial charge in [0.15, 0.2) is 0 Å². The molecule has 0 spiro atoms. The van der Waals surface area contributed by atoms with Crippen LogP contribution in [-0.4, -0.2) is 14.3 Å². The predicted octanol–water partition coefficient (Wildman–Crippen LogP) is 3.97. The van der Waals surface area contributed by atoms with Crippen molar-refractivity contribution < 1.29 is 0 Å². The molecule has 72 valence electrons. The zero-order valence-electron chi connectivity index (χ0n) is 8.87. The van der Waals surface area contributed by atoms with Crippen LogP contribution in [0.1, 0.15) is 10.4 Å². The second-order valence-corrected chi connectivity index (χ2v) is 11.1. The molecule has 2 heteroatoms.